The molecule has 24 heavy (non-hydrogen) atoms. The van der Waals surface area contributed by atoms with Gasteiger partial charge in [-0.25, -0.2) is 0 Å². The Morgan fingerprint density at radius 1 is 1.08 bits per heavy atom. The largest absolute Gasteiger partial charge is 0.320 e. The number of hydrogen-bond donors (Lipinski definition) is 1. The van der Waals surface area contributed by atoms with Crippen LogP contribution in [0.4, 0.5) is 5.69 Å². The quantitative estimate of drug-likeness (QED) is 0.727. The van der Waals surface area contributed by atoms with E-state index in [1.54, 1.807) is 28.9 Å². The van der Waals surface area contributed by atoms with E-state index in [4.69, 9.17) is 23.2 Å². The lowest BCUT2D eigenvalue weighted by atomic mass is 10.2. The lowest BCUT2D eigenvalue weighted by Gasteiger charge is -2.05. The van der Waals surface area contributed by atoms with Gasteiger partial charge < -0.3 is 5.32 Å². The molecule has 3 rings (SSSR count). The Labute approximate surface area is 150 Å². The Hall–Kier alpha value is -2.30. The van der Waals surface area contributed by atoms with E-state index in [0.717, 1.165) is 11.3 Å². The molecule has 3 aromatic rings. The predicted octanol–water partition coefficient (Wildman–Crippen LogP) is 4.80. The number of aromatic nitrogens is 2. The Morgan fingerprint density at radius 3 is 2.42 bits per heavy atom. The van der Waals surface area contributed by atoms with Gasteiger partial charge >= 0.3 is 0 Å². The molecule has 0 unspecified atom stereocenters. The van der Waals surface area contributed by atoms with E-state index < -0.39 is 0 Å². The summed E-state index contributed by atoms with van der Waals surface area (Å²) in [5.74, 6) is -0.303. The number of carbonyl (C=O) groups excluding carboxylic acids is 1. The highest BCUT2D eigenvalue weighted by atomic mass is 35.5. The van der Waals surface area contributed by atoms with E-state index in [-0.39, 0.29) is 5.91 Å². The minimum Gasteiger partial charge on any atom is -0.320 e. The smallest absolute Gasteiger partial charge is 0.276 e. The summed E-state index contributed by atoms with van der Waals surface area (Å²) in [5.41, 5.74) is 2.91. The van der Waals surface area contributed by atoms with Crippen LogP contribution < -0.4 is 5.32 Å². The number of nitrogens with zero attached hydrogens (tertiary/aromatic N) is 2. The zero-order chi connectivity index (χ0) is 17.1. The molecule has 0 aliphatic carbocycles. The summed E-state index contributed by atoms with van der Waals surface area (Å²) >= 11 is 11.9. The zero-order valence-corrected chi connectivity index (χ0v) is 14.5. The molecule has 0 saturated carbocycles. The van der Waals surface area contributed by atoms with Crippen LogP contribution in [0.1, 0.15) is 21.7 Å². The summed E-state index contributed by atoms with van der Waals surface area (Å²) in [6.45, 7) is 2.53. The third kappa shape index (κ3) is 3.96. The number of nitrogens with one attached hydrogen (secondary N) is 1. The second-order valence-corrected chi connectivity index (χ2v) is 6.30. The second-order valence-electron chi connectivity index (χ2n) is 5.43. The Kier molecular flexibility index (Phi) is 4.88. The molecule has 0 atom stereocenters. The number of halogens is 2. The van der Waals surface area contributed by atoms with Crippen LogP contribution in [0, 0.1) is 6.92 Å². The van der Waals surface area contributed by atoms with Gasteiger partial charge in [0.25, 0.3) is 5.91 Å². The van der Waals surface area contributed by atoms with Crippen molar-refractivity contribution >= 4 is 34.8 Å². The molecular formula is C18H15Cl2N3O. The van der Waals surface area contributed by atoms with Gasteiger partial charge in [0.15, 0.2) is 5.69 Å². The van der Waals surface area contributed by atoms with Gasteiger partial charge in [0, 0.05) is 21.4 Å². The van der Waals surface area contributed by atoms with Crippen LogP contribution >= 0.6 is 23.2 Å². The normalized spacial score (nSPS) is 10.6. The highest BCUT2D eigenvalue weighted by Crippen LogP contribution is 2.23. The van der Waals surface area contributed by atoms with Crippen LogP contribution in [0.2, 0.25) is 10.0 Å². The van der Waals surface area contributed by atoms with Crippen LogP contribution in [-0.2, 0) is 6.54 Å². The number of amides is 1. The molecule has 4 nitrogen and oxygen atoms in total. The van der Waals surface area contributed by atoms with Crippen molar-refractivity contribution in [2.45, 2.75) is 13.5 Å². The van der Waals surface area contributed by atoms with Crippen LogP contribution in [0.3, 0.4) is 0 Å². The summed E-state index contributed by atoms with van der Waals surface area (Å²) in [7, 11) is 0. The van der Waals surface area contributed by atoms with E-state index in [0.29, 0.717) is 28.0 Å². The molecule has 0 aliphatic heterocycles. The summed E-state index contributed by atoms with van der Waals surface area (Å²) < 4.78 is 1.80. The number of rotatable bonds is 4. The average molecular weight is 360 g/mol. The fourth-order valence-electron chi connectivity index (χ4n) is 2.36. The fraction of sp³-hybridized carbons (Fsp3) is 0.111. The highest BCUT2D eigenvalue weighted by molar-refractivity contribution is 6.35. The van der Waals surface area contributed by atoms with Gasteiger partial charge in [-0.05, 0) is 36.8 Å². The number of anilines is 1. The van der Waals surface area contributed by atoms with E-state index in [1.807, 2.05) is 37.3 Å². The average Bonchev–Trinajstić information content (AvgIpc) is 2.88. The Morgan fingerprint density at radius 2 is 1.75 bits per heavy atom. The lowest BCUT2D eigenvalue weighted by Crippen LogP contribution is -2.13. The Balaban J connectivity index is 1.77. The van der Waals surface area contributed by atoms with Gasteiger partial charge in [0.05, 0.1) is 6.54 Å². The molecule has 0 saturated heterocycles. The monoisotopic (exact) mass is 359 g/mol. The summed E-state index contributed by atoms with van der Waals surface area (Å²) in [6.07, 6.45) is 0. The standard InChI is InChI=1S/C18H15Cl2N3O/c1-12-7-17(22-23(12)11-13-5-3-2-4-6-13)18(24)21-16-9-14(19)8-15(20)10-16/h2-10H,11H2,1H3,(H,21,24). The number of benzene rings is 2. The van der Waals surface area contributed by atoms with Crippen molar-refractivity contribution in [3.8, 4) is 0 Å². The SMILES string of the molecule is Cc1cc(C(=O)Nc2cc(Cl)cc(Cl)c2)nn1Cc1ccccc1. The molecule has 2 aromatic carbocycles. The summed E-state index contributed by atoms with van der Waals surface area (Å²) in [6, 6.07) is 16.6. The molecule has 0 spiro atoms. The van der Waals surface area contributed by atoms with Crippen molar-refractivity contribution in [3.05, 3.63) is 81.6 Å². The van der Waals surface area contributed by atoms with E-state index in [1.165, 1.54) is 0 Å². The maximum atomic E-state index is 12.4. The topological polar surface area (TPSA) is 46.9 Å². The number of aryl methyl sites for hydroxylation is 1. The summed E-state index contributed by atoms with van der Waals surface area (Å²) in [4.78, 5) is 12.4. The van der Waals surface area contributed by atoms with Crippen LogP contribution in [0.5, 0.6) is 0 Å². The fourth-order valence-corrected chi connectivity index (χ4v) is 2.88. The molecular weight excluding hydrogens is 345 g/mol. The van der Waals surface area contributed by atoms with Crippen molar-refractivity contribution in [2.75, 3.05) is 5.32 Å². The van der Waals surface area contributed by atoms with Crippen LogP contribution in [-0.4, -0.2) is 15.7 Å². The molecule has 0 fully saturated rings. The highest BCUT2D eigenvalue weighted by Gasteiger charge is 2.13. The summed E-state index contributed by atoms with van der Waals surface area (Å²) in [5, 5.41) is 8.07. The molecule has 1 N–H and O–H groups in total. The van der Waals surface area contributed by atoms with Crippen molar-refractivity contribution < 1.29 is 4.79 Å². The molecule has 1 heterocycles. The van der Waals surface area contributed by atoms with Crippen LogP contribution in [0.25, 0.3) is 0 Å². The minimum atomic E-state index is -0.303. The van der Waals surface area contributed by atoms with E-state index in [2.05, 4.69) is 10.4 Å². The van der Waals surface area contributed by atoms with Gasteiger partial charge in [-0.2, -0.15) is 5.10 Å². The van der Waals surface area contributed by atoms with Gasteiger partial charge in [0.1, 0.15) is 0 Å². The van der Waals surface area contributed by atoms with Gasteiger partial charge in [-0.1, -0.05) is 53.5 Å². The van der Waals surface area contributed by atoms with E-state index in [9.17, 15) is 4.79 Å². The first kappa shape index (κ1) is 16.6. The maximum absolute atomic E-state index is 12.4. The Bertz CT molecular complexity index is 855. The number of carbonyl (C=O) groups is 1. The second kappa shape index (κ2) is 7.07. The first-order valence-electron chi connectivity index (χ1n) is 7.37. The molecule has 122 valence electrons. The minimum absolute atomic E-state index is 0.303. The lowest BCUT2D eigenvalue weighted by molar-refractivity contribution is 0.102. The molecule has 6 heteroatoms. The van der Waals surface area contributed by atoms with Crippen molar-refractivity contribution in [1.82, 2.24) is 9.78 Å². The molecule has 0 bridgehead atoms. The third-order valence-corrected chi connectivity index (χ3v) is 3.95. The zero-order valence-electron chi connectivity index (χ0n) is 13.0. The molecule has 1 amide bonds. The third-order valence-electron chi connectivity index (χ3n) is 3.51. The van der Waals surface area contributed by atoms with E-state index >= 15 is 0 Å². The molecule has 0 radical (unpaired) electrons. The van der Waals surface area contributed by atoms with Gasteiger partial charge in [0.2, 0.25) is 0 Å². The van der Waals surface area contributed by atoms with Crippen molar-refractivity contribution in [2.24, 2.45) is 0 Å². The first-order valence-corrected chi connectivity index (χ1v) is 8.13. The number of hydrogen-bond acceptors (Lipinski definition) is 2. The van der Waals surface area contributed by atoms with Crippen LogP contribution in [0.15, 0.2) is 54.6 Å². The maximum Gasteiger partial charge on any atom is 0.276 e. The predicted molar refractivity (Wildman–Crippen MR) is 96.9 cm³/mol. The molecule has 0 aliphatic rings. The van der Waals surface area contributed by atoms with Crippen molar-refractivity contribution in [1.29, 1.82) is 0 Å². The van der Waals surface area contributed by atoms with Gasteiger partial charge in [-0.3, -0.25) is 9.48 Å². The molecule has 1 aromatic heterocycles. The van der Waals surface area contributed by atoms with Crippen molar-refractivity contribution in [3.63, 3.8) is 0 Å². The van der Waals surface area contributed by atoms with Gasteiger partial charge in [-0.15, -0.1) is 0 Å². The first-order chi connectivity index (χ1) is 11.5.